The first-order valence-corrected chi connectivity index (χ1v) is 6.91. The molecule has 1 heterocycles. The molecule has 1 aromatic heterocycles. The maximum Gasteiger partial charge on any atom is 0.257 e. The number of halogens is 1. The van der Waals surface area contributed by atoms with E-state index in [4.69, 9.17) is 11.6 Å². The first kappa shape index (κ1) is 13.5. The van der Waals surface area contributed by atoms with Crippen LogP contribution in [0.1, 0.15) is 26.1 Å². The van der Waals surface area contributed by atoms with Crippen molar-refractivity contribution in [2.24, 2.45) is 0 Å². The van der Waals surface area contributed by atoms with Gasteiger partial charge in [0.25, 0.3) is 10.0 Å². The van der Waals surface area contributed by atoms with E-state index in [1.54, 1.807) is 13.8 Å². The van der Waals surface area contributed by atoms with Crippen LogP contribution in [0.4, 0.5) is 0 Å². The van der Waals surface area contributed by atoms with Gasteiger partial charge in [0.1, 0.15) is 5.82 Å². The molecule has 0 amide bonds. The van der Waals surface area contributed by atoms with Crippen molar-refractivity contribution in [3.05, 3.63) is 12.0 Å². The highest BCUT2D eigenvalue weighted by molar-refractivity contribution is 7.89. The molecule has 1 aromatic rings. The summed E-state index contributed by atoms with van der Waals surface area (Å²) in [6.45, 7) is 5.30. The zero-order chi connectivity index (χ0) is 12.3. The second-order valence-electron chi connectivity index (χ2n) is 3.87. The molecule has 0 saturated heterocycles. The van der Waals surface area contributed by atoms with Crippen molar-refractivity contribution in [2.45, 2.75) is 43.6 Å². The van der Waals surface area contributed by atoms with Gasteiger partial charge in [0, 0.05) is 11.4 Å². The summed E-state index contributed by atoms with van der Waals surface area (Å²) in [5.41, 5.74) is 0. The standard InChI is InChI=1S/C9H16ClN3O2S/c1-6(10)4-7(2)13-16(14,15)9-5-11-8(3)12-9/h5-7,13H,4H2,1-3H3,(H,11,12). The van der Waals surface area contributed by atoms with Crippen LogP contribution in [0.3, 0.4) is 0 Å². The van der Waals surface area contributed by atoms with Crippen molar-refractivity contribution in [3.63, 3.8) is 0 Å². The van der Waals surface area contributed by atoms with Gasteiger partial charge in [-0.1, -0.05) is 0 Å². The van der Waals surface area contributed by atoms with E-state index in [1.807, 2.05) is 6.92 Å². The Bertz CT molecular complexity index is 441. The SMILES string of the molecule is Cc1ncc(S(=O)(=O)NC(C)CC(C)Cl)[nH]1. The van der Waals surface area contributed by atoms with Gasteiger partial charge < -0.3 is 4.98 Å². The summed E-state index contributed by atoms with van der Waals surface area (Å²) in [4.78, 5) is 6.53. The summed E-state index contributed by atoms with van der Waals surface area (Å²) >= 11 is 5.80. The third kappa shape index (κ3) is 3.77. The molecule has 16 heavy (non-hydrogen) atoms. The van der Waals surface area contributed by atoms with Crippen molar-refractivity contribution >= 4 is 21.6 Å². The highest BCUT2D eigenvalue weighted by Crippen LogP contribution is 2.09. The Morgan fingerprint density at radius 1 is 1.56 bits per heavy atom. The van der Waals surface area contributed by atoms with Crippen LogP contribution in [-0.2, 0) is 10.0 Å². The number of nitrogens with zero attached hydrogens (tertiary/aromatic N) is 1. The van der Waals surface area contributed by atoms with Gasteiger partial charge in [-0.25, -0.2) is 18.1 Å². The maximum absolute atomic E-state index is 11.8. The van der Waals surface area contributed by atoms with Gasteiger partial charge in [-0.2, -0.15) is 0 Å². The number of alkyl halides is 1. The fourth-order valence-electron chi connectivity index (χ4n) is 1.40. The van der Waals surface area contributed by atoms with Crippen LogP contribution in [0, 0.1) is 6.92 Å². The van der Waals surface area contributed by atoms with E-state index in [0.29, 0.717) is 12.2 Å². The van der Waals surface area contributed by atoms with E-state index in [1.165, 1.54) is 6.20 Å². The summed E-state index contributed by atoms with van der Waals surface area (Å²) in [7, 11) is -3.51. The van der Waals surface area contributed by atoms with E-state index in [0.717, 1.165) is 0 Å². The van der Waals surface area contributed by atoms with Crippen molar-refractivity contribution in [1.82, 2.24) is 14.7 Å². The Morgan fingerprint density at radius 2 is 2.19 bits per heavy atom. The number of aromatic amines is 1. The molecule has 0 aliphatic carbocycles. The van der Waals surface area contributed by atoms with E-state index in [2.05, 4.69) is 14.7 Å². The number of rotatable bonds is 5. The summed E-state index contributed by atoms with van der Waals surface area (Å²) in [6.07, 6.45) is 1.88. The lowest BCUT2D eigenvalue weighted by Crippen LogP contribution is -2.34. The zero-order valence-electron chi connectivity index (χ0n) is 9.49. The minimum absolute atomic E-state index is 0.0683. The molecule has 2 atom stereocenters. The first-order valence-electron chi connectivity index (χ1n) is 4.99. The number of aryl methyl sites for hydroxylation is 1. The molecular formula is C9H16ClN3O2S. The van der Waals surface area contributed by atoms with Crippen LogP contribution in [0.25, 0.3) is 0 Å². The second-order valence-corrected chi connectivity index (χ2v) is 6.30. The molecule has 92 valence electrons. The minimum atomic E-state index is -3.51. The average molecular weight is 266 g/mol. The molecule has 5 nitrogen and oxygen atoms in total. The third-order valence-corrected chi connectivity index (χ3v) is 3.68. The molecule has 7 heteroatoms. The fraction of sp³-hybridized carbons (Fsp3) is 0.667. The molecule has 0 aromatic carbocycles. The zero-order valence-corrected chi connectivity index (χ0v) is 11.1. The normalized spacial score (nSPS) is 16.0. The Labute approximate surface area is 101 Å². The fourth-order valence-corrected chi connectivity index (χ4v) is 2.89. The molecule has 0 fully saturated rings. The smallest absolute Gasteiger partial charge is 0.257 e. The van der Waals surface area contributed by atoms with Gasteiger partial charge in [0.2, 0.25) is 0 Å². The molecule has 2 N–H and O–H groups in total. The Morgan fingerprint density at radius 3 is 2.62 bits per heavy atom. The maximum atomic E-state index is 11.8. The topological polar surface area (TPSA) is 74.8 Å². The van der Waals surface area contributed by atoms with E-state index >= 15 is 0 Å². The lowest BCUT2D eigenvalue weighted by molar-refractivity contribution is 0.543. The molecule has 0 spiro atoms. The van der Waals surface area contributed by atoms with Crippen LogP contribution < -0.4 is 4.72 Å². The molecule has 0 bridgehead atoms. The van der Waals surface area contributed by atoms with Crippen LogP contribution in [0.15, 0.2) is 11.2 Å². The molecular weight excluding hydrogens is 250 g/mol. The number of aromatic nitrogens is 2. The largest absolute Gasteiger partial charge is 0.332 e. The summed E-state index contributed by atoms with van der Waals surface area (Å²) in [6, 6.07) is -0.207. The predicted molar refractivity (Wildman–Crippen MR) is 63.0 cm³/mol. The minimum Gasteiger partial charge on any atom is -0.332 e. The van der Waals surface area contributed by atoms with Crippen LogP contribution in [0.5, 0.6) is 0 Å². The highest BCUT2D eigenvalue weighted by Gasteiger charge is 2.19. The highest BCUT2D eigenvalue weighted by atomic mass is 35.5. The number of nitrogens with one attached hydrogen (secondary N) is 2. The van der Waals surface area contributed by atoms with Crippen LogP contribution >= 0.6 is 11.6 Å². The number of hydrogen-bond acceptors (Lipinski definition) is 3. The summed E-state index contributed by atoms with van der Waals surface area (Å²) < 4.78 is 26.2. The van der Waals surface area contributed by atoms with E-state index < -0.39 is 10.0 Å². The summed E-state index contributed by atoms with van der Waals surface area (Å²) in [5.74, 6) is 0.568. The van der Waals surface area contributed by atoms with Gasteiger partial charge >= 0.3 is 0 Å². The van der Waals surface area contributed by atoms with Crippen molar-refractivity contribution in [3.8, 4) is 0 Å². The number of H-pyrrole nitrogens is 1. The number of sulfonamides is 1. The lowest BCUT2D eigenvalue weighted by atomic mass is 10.2. The molecule has 0 radical (unpaired) electrons. The molecule has 1 rings (SSSR count). The van der Waals surface area contributed by atoms with Gasteiger partial charge in [0.15, 0.2) is 5.03 Å². The van der Waals surface area contributed by atoms with Crippen LogP contribution in [-0.4, -0.2) is 29.8 Å². The van der Waals surface area contributed by atoms with Gasteiger partial charge in [0.05, 0.1) is 6.20 Å². The van der Waals surface area contributed by atoms with Crippen LogP contribution in [0.2, 0.25) is 0 Å². The average Bonchev–Trinajstić information content (AvgIpc) is 2.49. The van der Waals surface area contributed by atoms with Crippen molar-refractivity contribution in [2.75, 3.05) is 0 Å². The van der Waals surface area contributed by atoms with Gasteiger partial charge in [-0.15, -0.1) is 11.6 Å². The lowest BCUT2D eigenvalue weighted by Gasteiger charge is -2.14. The predicted octanol–water partition coefficient (Wildman–Crippen LogP) is 1.40. The molecule has 2 unspecified atom stereocenters. The third-order valence-electron chi connectivity index (χ3n) is 2.00. The number of hydrogen-bond donors (Lipinski definition) is 2. The number of imidazole rings is 1. The first-order chi connectivity index (χ1) is 7.31. The quantitative estimate of drug-likeness (QED) is 0.791. The Kier molecular flexibility index (Phi) is 4.35. The van der Waals surface area contributed by atoms with E-state index in [-0.39, 0.29) is 16.4 Å². The Hall–Kier alpha value is -0.590. The van der Waals surface area contributed by atoms with E-state index in [9.17, 15) is 8.42 Å². The van der Waals surface area contributed by atoms with Gasteiger partial charge in [-0.3, -0.25) is 0 Å². The monoisotopic (exact) mass is 265 g/mol. The molecule has 0 saturated carbocycles. The van der Waals surface area contributed by atoms with Gasteiger partial charge in [-0.05, 0) is 27.2 Å². The second kappa shape index (κ2) is 5.16. The summed E-state index contributed by atoms with van der Waals surface area (Å²) in [5, 5.41) is 0.0141. The Balaban J connectivity index is 2.73. The molecule has 0 aliphatic heterocycles. The van der Waals surface area contributed by atoms with Crippen molar-refractivity contribution in [1.29, 1.82) is 0 Å². The van der Waals surface area contributed by atoms with Crippen molar-refractivity contribution < 1.29 is 8.42 Å². The molecule has 0 aliphatic rings.